The lowest BCUT2D eigenvalue weighted by molar-refractivity contribution is -0.167. The standard InChI is InChI=1S/C20H41NO4/c1-3-4-5-6-7-8-9-10-11-12-13-14-15-16-19(24)25-20(2,21)17-18(22)23/h18,22-23H,3-17,21H2,1-2H3. The molecule has 1 unspecified atom stereocenters. The van der Waals surface area contributed by atoms with Crippen molar-refractivity contribution in [2.45, 2.75) is 122 Å². The highest BCUT2D eigenvalue weighted by Crippen LogP contribution is 2.15. The zero-order chi connectivity index (χ0) is 19.0. The summed E-state index contributed by atoms with van der Waals surface area (Å²) in [6, 6.07) is 0. The highest BCUT2D eigenvalue weighted by molar-refractivity contribution is 5.69. The van der Waals surface area contributed by atoms with Gasteiger partial charge in [-0.3, -0.25) is 10.5 Å². The fourth-order valence-corrected chi connectivity index (χ4v) is 3.00. The summed E-state index contributed by atoms with van der Waals surface area (Å²) >= 11 is 0. The van der Waals surface area contributed by atoms with Crippen molar-refractivity contribution >= 4 is 5.97 Å². The third-order valence-electron chi connectivity index (χ3n) is 4.42. The fraction of sp³-hybridized carbons (Fsp3) is 0.950. The first-order valence-corrected chi connectivity index (χ1v) is 10.2. The lowest BCUT2D eigenvalue weighted by Crippen LogP contribution is -2.44. The van der Waals surface area contributed by atoms with Crippen LogP contribution in [0.5, 0.6) is 0 Å². The van der Waals surface area contributed by atoms with Gasteiger partial charge in [0.2, 0.25) is 0 Å². The van der Waals surface area contributed by atoms with Gasteiger partial charge < -0.3 is 14.9 Å². The van der Waals surface area contributed by atoms with Gasteiger partial charge in [-0.15, -0.1) is 0 Å². The predicted octanol–water partition coefficient (Wildman–Crippen LogP) is 4.39. The van der Waals surface area contributed by atoms with E-state index in [9.17, 15) is 4.79 Å². The normalized spacial score (nSPS) is 13.8. The average molecular weight is 360 g/mol. The Hall–Kier alpha value is -0.650. The van der Waals surface area contributed by atoms with Crippen molar-refractivity contribution in [3.63, 3.8) is 0 Å². The Kier molecular flexibility index (Phi) is 15.2. The van der Waals surface area contributed by atoms with Crippen LogP contribution in [-0.4, -0.2) is 28.2 Å². The Morgan fingerprint density at radius 1 is 0.880 bits per heavy atom. The van der Waals surface area contributed by atoms with Crippen molar-refractivity contribution in [3.8, 4) is 0 Å². The maximum atomic E-state index is 11.7. The van der Waals surface area contributed by atoms with E-state index in [2.05, 4.69) is 6.92 Å². The molecule has 4 N–H and O–H groups in total. The van der Waals surface area contributed by atoms with Gasteiger partial charge in [0.25, 0.3) is 0 Å². The van der Waals surface area contributed by atoms with Crippen LogP contribution in [0, 0.1) is 0 Å². The van der Waals surface area contributed by atoms with Crippen LogP contribution in [0.15, 0.2) is 0 Å². The molecular formula is C20H41NO4. The van der Waals surface area contributed by atoms with Gasteiger partial charge in [-0.05, 0) is 13.3 Å². The third kappa shape index (κ3) is 18.0. The van der Waals surface area contributed by atoms with Crippen molar-refractivity contribution in [3.05, 3.63) is 0 Å². The lowest BCUT2D eigenvalue weighted by atomic mass is 10.0. The number of aliphatic hydroxyl groups excluding tert-OH is 1. The second-order valence-electron chi connectivity index (χ2n) is 7.46. The van der Waals surface area contributed by atoms with Crippen LogP contribution in [0.2, 0.25) is 0 Å². The number of esters is 1. The lowest BCUT2D eigenvalue weighted by Gasteiger charge is -2.25. The zero-order valence-corrected chi connectivity index (χ0v) is 16.5. The third-order valence-corrected chi connectivity index (χ3v) is 4.42. The number of nitrogens with two attached hydrogens (primary N) is 1. The van der Waals surface area contributed by atoms with E-state index in [1.807, 2.05) is 0 Å². The molecule has 0 saturated heterocycles. The number of hydrogen-bond acceptors (Lipinski definition) is 5. The monoisotopic (exact) mass is 359 g/mol. The molecule has 0 saturated carbocycles. The molecule has 0 aliphatic rings. The highest BCUT2D eigenvalue weighted by atomic mass is 16.6. The van der Waals surface area contributed by atoms with Gasteiger partial charge in [-0.25, -0.2) is 0 Å². The minimum atomic E-state index is -1.57. The van der Waals surface area contributed by atoms with Crippen LogP contribution < -0.4 is 5.73 Å². The van der Waals surface area contributed by atoms with Gasteiger partial charge in [-0.2, -0.15) is 0 Å². The van der Waals surface area contributed by atoms with Crippen molar-refractivity contribution in [1.29, 1.82) is 0 Å². The summed E-state index contributed by atoms with van der Waals surface area (Å²) in [6.07, 6.45) is 15.0. The first kappa shape index (κ1) is 24.4. The van der Waals surface area contributed by atoms with E-state index in [0.29, 0.717) is 6.42 Å². The average Bonchev–Trinajstić information content (AvgIpc) is 2.50. The molecule has 0 amide bonds. The first-order valence-electron chi connectivity index (χ1n) is 10.2. The summed E-state index contributed by atoms with van der Waals surface area (Å²) in [7, 11) is 0. The Labute approximate surface area is 154 Å². The fourth-order valence-electron chi connectivity index (χ4n) is 3.00. The molecule has 5 nitrogen and oxygen atoms in total. The molecule has 0 aliphatic heterocycles. The number of aliphatic hydroxyl groups is 2. The van der Waals surface area contributed by atoms with Crippen molar-refractivity contribution in [2.75, 3.05) is 0 Å². The van der Waals surface area contributed by atoms with Gasteiger partial charge in [-0.1, -0.05) is 84.0 Å². The minimum absolute atomic E-state index is 0.183. The largest absolute Gasteiger partial charge is 0.444 e. The first-order chi connectivity index (χ1) is 11.9. The van der Waals surface area contributed by atoms with Crippen LogP contribution in [0.3, 0.4) is 0 Å². The van der Waals surface area contributed by atoms with Gasteiger partial charge in [0.1, 0.15) is 0 Å². The zero-order valence-electron chi connectivity index (χ0n) is 16.5. The molecule has 1 atom stereocenters. The second-order valence-corrected chi connectivity index (χ2v) is 7.46. The van der Waals surface area contributed by atoms with E-state index in [1.54, 1.807) is 0 Å². The Balaban J connectivity index is 3.36. The van der Waals surface area contributed by atoms with E-state index < -0.39 is 12.0 Å². The summed E-state index contributed by atoms with van der Waals surface area (Å²) in [5.41, 5.74) is 4.38. The number of unbranched alkanes of at least 4 members (excludes halogenated alkanes) is 12. The molecule has 0 spiro atoms. The molecule has 0 heterocycles. The summed E-state index contributed by atoms with van der Waals surface area (Å²) in [4.78, 5) is 11.7. The van der Waals surface area contributed by atoms with Crippen LogP contribution in [0.25, 0.3) is 0 Å². The number of carbonyl (C=O) groups excluding carboxylic acids is 1. The summed E-state index contributed by atoms with van der Waals surface area (Å²) < 4.78 is 5.07. The van der Waals surface area contributed by atoms with E-state index in [1.165, 1.54) is 71.1 Å². The van der Waals surface area contributed by atoms with Crippen LogP contribution >= 0.6 is 0 Å². The molecule has 0 aromatic rings. The molecule has 0 aliphatic carbocycles. The van der Waals surface area contributed by atoms with Crippen LogP contribution in [0.4, 0.5) is 0 Å². The second kappa shape index (κ2) is 15.6. The quantitative estimate of drug-likeness (QED) is 0.203. The molecule has 0 bridgehead atoms. The molecule has 0 rings (SSSR count). The van der Waals surface area contributed by atoms with Gasteiger partial charge in [0.15, 0.2) is 12.0 Å². The molecular weight excluding hydrogens is 318 g/mol. The summed E-state index contributed by atoms with van der Waals surface area (Å²) in [5.74, 6) is -0.367. The van der Waals surface area contributed by atoms with E-state index in [4.69, 9.17) is 20.7 Å². The topological polar surface area (TPSA) is 92.8 Å². The number of carbonyl (C=O) groups is 1. The van der Waals surface area contributed by atoms with Gasteiger partial charge >= 0.3 is 5.97 Å². The molecule has 0 aromatic carbocycles. The van der Waals surface area contributed by atoms with Gasteiger partial charge in [0.05, 0.1) is 6.42 Å². The smallest absolute Gasteiger partial charge is 0.307 e. The molecule has 150 valence electrons. The molecule has 0 radical (unpaired) electrons. The van der Waals surface area contributed by atoms with Crippen LogP contribution in [-0.2, 0) is 9.53 Å². The number of hydrogen-bond donors (Lipinski definition) is 3. The Bertz CT molecular complexity index is 319. The minimum Gasteiger partial charge on any atom is -0.444 e. The van der Waals surface area contributed by atoms with E-state index in [-0.39, 0.29) is 12.4 Å². The Morgan fingerprint density at radius 3 is 1.68 bits per heavy atom. The van der Waals surface area contributed by atoms with Crippen LogP contribution in [0.1, 0.15) is 110 Å². The number of rotatable bonds is 17. The molecule has 25 heavy (non-hydrogen) atoms. The Morgan fingerprint density at radius 2 is 1.28 bits per heavy atom. The summed E-state index contributed by atoms with van der Waals surface area (Å²) in [6.45, 7) is 3.73. The maximum absolute atomic E-state index is 11.7. The molecule has 5 heteroatoms. The maximum Gasteiger partial charge on any atom is 0.307 e. The van der Waals surface area contributed by atoms with Crippen molar-refractivity contribution in [1.82, 2.24) is 0 Å². The van der Waals surface area contributed by atoms with E-state index in [0.717, 1.165) is 19.3 Å². The van der Waals surface area contributed by atoms with Gasteiger partial charge in [0, 0.05) is 6.42 Å². The summed E-state index contributed by atoms with van der Waals surface area (Å²) in [5, 5.41) is 17.8. The van der Waals surface area contributed by atoms with Crippen molar-refractivity contribution < 1.29 is 19.7 Å². The number of ether oxygens (including phenoxy) is 1. The highest BCUT2D eigenvalue weighted by Gasteiger charge is 2.25. The van der Waals surface area contributed by atoms with E-state index >= 15 is 0 Å². The molecule has 0 fully saturated rings. The van der Waals surface area contributed by atoms with Crippen molar-refractivity contribution in [2.24, 2.45) is 5.73 Å². The SMILES string of the molecule is CCCCCCCCCCCCCCCC(=O)OC(C)(N)CC(O)O. The predicted molar refractivity (Wildman–Crippen MR) is 102 cm³/mol. The molecule has 0 aromatic heterocycles.